The molecule has 33 heavy (non-hydrogen) atoms. The number of anilines is 1. The fourth-order valence-electron chi connectivity index (χ4n) is 5.20. The van der Waals surface area contributed by atoms with Crippen molar-refractivity contribution in [3.63, 3.8) is 0 Å². The standard InChI is InChI=1S/C27H31N3O3/c1-18-8-2-4-10-21(18)29-27(32)23-11-6-14-30(23)26-17-19(25-13-7-15-33-25)16-22(28-26)20-9-3-5-12-24(20)31/h3,5,7,9,12-13,15-18,21,23,31H,2,4,6,8,10-11,14H2,1H3,(H,29,32)/t18?,21?,23-/m0/s1. The van der Waals surface area contributed by atoms with Gasteiger partial charge in [0.25, 0.3) is 0 Å². The van der Waals surface area contributed by atoms with Gasteiger partial charge in [-0.15, -0.1) is 0 Å². The molecule has 0 radical (unpaired) electrons. The van der Waals surface area contributed by atoms with Crippen molar-refractivity contribution in [2.75, 3.05) is 11.4 Å². The summed E-state index contributed by atoms with van der Waals surface area (Å²) in [5, 5.41) is 13.8. The molecule has 1 saturated carbocycles. The highest BCUT2D eigenvalue weighted by Gasteiger charge is 2.34. The lowest BCUT2D eigenvalue weighted by Crippen LogP contribution is -2.49. The lowest BCUT2D eigenvalue weighted by atomic mass is 9.86. The van der Waals surface area contributed by atoms with Crippen LogP contribution in [0.15, 0.2) is 59.2 Å². The molecule has 1 saturated heterocycles. The number of furan rings is 1. The van der Waals surface area contributed by atoms with E-state index in [1.807, 2.05) is 36.4 Å². The maximum atomic E-state index is 13.3. The molecule has 6 nitrogen and oxygen atoms in total. The van der Waals surface area contributed by atoms with E-state index in [-0.39, 0.29) is 23.7 Å². The number of pyridine rings is 1. The van der Waals surface area contributed by atoms with E-state index in [9.17, 15) is 9.90 Å². The topological polar surface area (TPSA) is 78.6 Å². The molecule has 6 heteroatoms. The number of phenolic OH excluding ortho intramolecular Hbond substituents is 1. The minimum absolute atomic E-state index is 0.0977. The second-order valence-electron chi connectivity index (χ2n) is 9.32. The van der Waals surface area contributed by atoms with E-state index < -0.39 is 0 Å². The first kappa shape index (κ1) is 21.6. The molecule has 1 aromatic carbocycles. The van der Waals surface area contributed by atoms with E-state index in [0.29, 0.717) is 17.2 Å². The SMILES string of the molecule is CC1CCCCC1NC(=O)[C@@H]1CCCN1c1cc(-c2ccco2)cc(-c2ccccc2O)n1. The molecule has 172 valence electrons. The van der Waals surface area contributed by atoms with Gasteiger partial charge in [0.2, 0.25) is 5.91 Å². The molecule has 0 spiro atoms. The molecule has 2 unspecified atom stereocenters. The van der Waals surface area contributed by atoms with Gasteiger partial charge in [0, 0.05) is 23.7 Å². The third kappa shape index (κ3) is 4.47. The van der Waals surface area contributed by atoms with Gasteiger partial charge in [0.1, 0.15) is 23.4 Å². The third-order valence-electron chi connectivity index (χ3n) is 7.09. The fraction of sp³-hybridized carbons (Fsp3) is 0.407. The van der Waals surface area contributed by atoms with Gasteiger partial charge in [-0.2, -0.15) is 0 Å². The second kappa shape index (κ2) is 9.30. The zero-order chi connectivity index (χ0) is 22.8. The average Bonchev–Trinajstić information content (AvgIpc) is 3.53. The van der Waals surface area contributed by atoms with Crippen molar-refractivity contribution in [3.8, 4) is 28.3 Å². The number of hydrogen-bond donors (Lipinski definition) is 2. The summed E-state index contributed by atoms with van der Waals surface area (Å²) in [6.45, 7) is 3.01. The summed E-state index contributed by atoms with van der Waals surface area (Å²) in [6.07, 6.45) is 8.07. The van der Waals surface area contributed by atoms with E-state index in [0.717, 1.165) is 42.9 Å². The summed E-state index contributed by atoms with van der Waals surface area (Å²) in [5.74, 6) is 2.25. The fourth-order valence-corrected chi connectivity index (χ4v) is 5.20. The van der Waals surface area contributed by atoms with Crippen molar-refractivity contribution in [1.82, 2.24) is 10.3 Å². The number of aromatic hydroxyl groups is 1. The van der Waals surface area contributed by atoms with Gasteiger partial charge in [-0.3, -0.25) is 4.79 Å². The van der Waals surface area contributed by atoms with Crippen molar-refractivity contribution in [2.24, 2.45) is 5.92 Å². The monoisotopic (exact) mass is 445 g/mol. The minimum atomic E-state index is -0.240. The second-order valence-corrected chi connectivity index (χ2v) is 9.32. The number of nitrogens with zero attached hydrogens (tertiary/aromatic N) is 2. The Labute approximate surface area is 194 Å². The molecule has 3 heterocycles. The van der Waals surface area contributed by atoms with Crippen molar-refractivity contribution >= 4 is 11.7 Å². The van der Waals surface area contributed by atoms with Crippen molar-refractivity contribution < 1.29 is 14.3 Å². The molecule has 5 rings (SSSR count). The maximum absolute atomic E-state index is 13.3. The van der Waals surface area contributed by atoms with E-state index in [1.165, 1.54) is 19.3 Å². The van der Waals surface area contributed by atoms with Gasteiger partial charge >= 0.3 is 0 Å². The number of benzene rings is 1. The summed E-state index contributed by atoms with van der Waals surface area (Å²) >= 11 is 0. The first-order chi connectivity index (χ1) is 16.1. The van der Waals surface area contributed by atoms with Gasteiger partial charge in [-0.1, -0.05) is 31.9 Å². The van der Waals surface area contributed by atoms with Crippen molar-refractivity contribution in [1.29, 1.82) is 0 Å². The lowest BCUT2D eigenvalue weighted by molar-refractivity contribution is -0.123. The zero-order valence-corrected chi connectivity index (χ0v) is 19.0. The molecular weight excluding hydrogens is 414 g/mol. The van der Waals surface area contributed by atoms with Crippen LogP contribution in [0.3, 0.4) is 0 Å². The highest BCUT2D eigenvalue weighted by Crippen LogP contribution is 2.35. The quantitative estimate of drug-likeness (QED) is 0.551. The zero-order valence-electron chi connectivity index (χ0n) is 19.0. The molecule has 2 aromatic heterocycles. The van der Waals surface area contributed by atoms with E-state index in [2.05, 4.69) is 17.1 Å². The Balaban J connectivity index is 1.48. The summed E-state index contributed by atoms with van der Waals surface area (Å²) in [5.41, 5.74) is 2.18. The number of nitrogens with one attached hydrogen (secondary N) is 1. The predicted octanol–water partition coefficient (Wildman–Crippen LogP) is 5.38. The molecule has 3 aromatic rings. The molecular formula is C27H31N3O3. The number of para-hydroxylation sites is 1. The van der Waals surface area contributed by atoms with Crippen LogP contribution < -0.4 is 10.2 Å². The Hall–Kier alpha value is -3.28. The molecule has 3 atom stereocenters. The number of carbonyl (C=O) groups excluding carboxylic acids is 1. The first-order valence-electron chi connectivity index (χ1n) is 12.0. The third-order valence-corrected chi connectivity index (χ3v) is 7.09. The van der Waals surface area contributed by atoms with Gasteiger partial charge in [0.05, 0.1) is 12.0 Å². The molecule has 1 aliphatic heterocycles. The van der Waals surface area contributed by atoms with Crippen molar-refractivity contribution in [2.45, 2.75) is 57.5 Å². The number of aromatic nitrogens is 1. The molecule has 0 bridgehead atoms. The van der Waals surface area contributed by atoms with Gasteiger partial charge < -0.3 is 19.7 Å². The minimum Gasteiger partial charge on any atom is -0.507 e. The Morgan fingerprint density at radius 1 is 1.09 bits per heavy atom. The number of hydrogen-bond acceptors (Lipinski definition) is 5. The number of rotatable bonds is 5. The van der Waals surface area contributed by atoms with Gasteiger partial charge in [-0.25, -0.2) is 4.98 Å². The van der Waals surface area contributed by atoms with E-state index in [1.54, 1.807) is 18.4 Å². The van der Waals surface area contributed by atoms with E-state index >= 15 is 0 Å². The molecule has 2 fully saturated rings. The Kier molecular flexibility index (Phi) is 6.07. The number of phenols is 1. The normalized spacial score (nSPS) is 22.9. The highest BCUT2D eigenvalue weighted by molar-refractivity contribution is 5.86. The van der Waals surface area contributed by atoms with Crippen LogP contribution in [0, 0.1) is 5.92 Å². The Bertz CT molecular complexity index is 1110. The van der Waals surface area contributed by atoms with Crippen LogP contribution in [0.25, 0.3) is 22.6 Å². The van der Waals surface area contributed by atoms with Crippen LogP contribution >= 0.6 is 0 Å². The van der Waals surface area contributed by atoms with Crippen LogP contribution in [0.2, 0.25) is 0 Å². The van der Waals surface area contributed by atoms with Crippen LogP contribution in [0.5, 0.6) is 5.75 Å². The average molecular weight is 446 g/mol. The first-order valence-corrected chi connectivity index (χ1v) is 12.0. The van der Waals surface area contributed by atoms with Crippen LogP contribution in [0.1, 0.15) is 45.4 Å². The molecule has 2 N–H and O–H groups in total. The summed E-state index contributed by atoms with van der Waals surface area (Å²) in [7, 11) is 0. The molecule has 1 aliphatic carbocycles. The summed E-state index contributed by atoms with van der Waals surface area (Å²) in [6, 6.07) is 14.9. The predicted molar refractivity (Wildman–Crippen MR) is 129 cm³/mol. The van der Waals surface area contributed by atoms with Gasteiger partial charge in [-0.05, 0) is 68.0 Å². The van der Waals surface area contributed by atoms with Crippen LogP contribution in [-0.2, 0) is 4.79 Å². The maximum Gasteiger partial charge on any atom is 0.242 e. The van der Waals surface area contributed by atoms with Crippen LogP contribution in [0.4, 0.5) is 5.82 Å². The summed E-state index contributed by atoms with van der Waals surface area (Å²) in [4.78, 5) is 20.3. The van der Waals surface area contributed by atoms with Crippen molar-refractivity contribution in [3.05, 3.63) is 54.8 Å². The van der Waals surface area contributed by atoms with Crippen LogP contribution in [-0.4, -0.2) is 34.6 Å². The Morgan fingerprint density at radius 2 is 1.94 bits per heavy atom. The smallest absolute Gasteiger partial charge is 0.242 e. The van der Waals surface area contributed by atoms with E-state index in [4.69, 9.17) is 9.40 Å². The largest absolute Gasteiger partial charge is 0.507 e. The number of carbonyl (C=O) groups is 1. The molecule has 1 amide bonds. The lowest BCUT2D eigenvalue weighted by Gasteiger charge is -2.32. The Morgan fingerprint density at radius 3 is 2.73 bits per heavy atom. The highest BCUT2D eigenvalue weighted by atomic mass is 16.3. The summed E-state index contributed by atoms with van der Waals surface area (Å²) < 4.78 is 5.66. The molecule has 2 aliphatic rings. The van der Waals surface area contributed by atoms with Gasteiger partial charge in [0.15, 0.2) is 0 Å². The number of amides is 1.